The number of carbonyl (C=O) groups excluding carboxylic acids is 1. The number of piperidine rings is 1. The molecular formula is C14H29N3O. The maximum Gasteiger partial charge on any atom is 0.225 e. The number of likely N-dealkylation sites (tertiary alicyclic amines) is 1. The lowest BCUT2D eigenvalue weighted by molar-refractivity contribution is -0.136. The number of hydrogen-bond acceptors (Lipinski definition) is 3. The fourth-order valence-corrected chi connectivity index (χ4v) is 2.69. The first kappa shape index (κ1) is 15.4. The predicted molar refractivity (Wildman–Crippen MR) is 75.3 cm³/mol. The highest BCUT2D eigenvalue weighted by molar-refractivity contribution is 5.78. The van der Waals surface area contributed by atoms with Crippen molar-refractivity contribution in [3.63, 3.8) is 0 Å². The minimum absolute atomic E-state index is 0.0585. The van der Waals surface area contributed by atoms with Gasteiger partial charge in [0, 0.05) is 38.1 Å². The van der Waals surface area contributed by atoms with Crippen molar-refractivity contribution in [2.45, 2.75) is 52.1 Å². The molecule has 4 heteroatoms. The second kappa shape index (κ2) is 7.10. The molecule has 1 saturated heterocycles. The zero-order chi connectivity index (χ0) is 13.7. The van der Waals surface area contributed by atoms with Gasteiger partial charge in [-0.05, 0) is 39.7 Å². The maximum absolute atomic E-state index is 12.2. The summed E-state index contributed by atoms with van der Waals surface area (Å²) >= 11 is 0. The Balaban J connectivity index is 2.44. The van der Waals surface area contributed by atoms with E-state index in [0.29, 0.717) is 18.6 Å². The van der Waals surface area contributed by atoms with Gasteiger partial charge in [-0.1, -0.05) is 6.92 Å². The molecule has 0 bridgehead atoms. The number of hydrogen-bond donors (Lipinski definition) is 1. The van der Waals surface area contributed by atoms with Crippen molar-refractivity contribution >= 4 is 5.91 Å². The topological polar surface area (TPSA) is 49.6 Å². The molecule has 0 aliphatic carbocycles. The molecule has 4 nitrogen and oxygen atoms in total. The van der Waals surface area contributed by atoms with Crippen LogP contribution in [0.15, 0.2) is 0 Å². The van der Waals surface area contributed by atoms with Gasteiger partial charge in [-0.15, -0.1) is 0 Å². The molecule has 2 N–H and O–H groups in total. The number of nitrogens with zero attached hydrogens (tertiary/aromatic N) is 2. The second-order valence-corrected chi connectivity index (χ2v) is 5.79. The summed E-state index contributed by atoms with van der Waals surface area (Å²) in [5.41, 5.74) is 5.52. The molecular weight excluding hydrogens is 226 g/mol. The van der Waals surface area contributed by atoms with Gasteiger partial charge in [0.25, 0.3) is 0 Å². The molecule has 1 heterocycles. The minimum Gasteiger partial charge on any atom is -0.342 e. The summed E-state index contributed by atoms with van der Waals surface area (Å²) in [6.07, 6.45) is 2.97. The first-order valence-electron chi connectivity index (χ1n) is 7.18. The average Bonchev–Trinajstić information content (AvgIpc) is 2.37. The van der Waals surface area contributed by atoms with E-state index in [0.717, 1.165) is 32.4 Å². The Morgan fingerprint density at radius 2 is 1.89 bits per heavy atom. The third kappa shape index (κ3) is 3.95. The Bertz CT molecular complexity index is 260. The van der Waals surface area contributed by atoms with E-state index in [1.165, 1.54) is 0 Å². The van der Waals surface area contributed by atoms with E-state index in [-0.39, 0.29) is 11.8 Å². The van der Waals surface area contributed by atoms with Gasteiger partial charge in [-0.2, -0.15) is 0 Å². The molecule has 0 aromatic rings. The number of rotatable bonds is 5. The Kier molecular flexibility index (Phi) is 6.09. The zero-order valence-corrected chi connectivity index (χ0v) is 12.4. The van der Waals surface area contributed by atoms with Gasteiger partial charge in [0.15, 0.2) is 0 Å². The lowest BCUT2D eigenvalue weighted by Crippen LogP contribution is -2.48. The summed E-state index contributed by atoms with van der Waals surface area (Å²) in [5.74, 6) is 0.312. The minimum atomic E-state index is 0.0585. The molecule has 0 saturated carbocycles. The quantitative estimate of drug-likeness (QED) is 0.805. The van der Waals surface area contributed by atoms with Crippen LogP contribution in [0.3, 0.4) is 0 Å². The number of nitrogens with two attached hydrogens (primary N) is 1. The summed E-state index contributed by atoms with van der Waals surface area (Å²) in [7, 11) is 1.95. The molecule has 0 aromatic heterocycles. The monoisotopic (exact) mass is 255 g/mol. The van der Waals surface area contributed by atoms with E-state index in [1.807, 2.05) is 18.9 Å². The van der Waals surface area contributed by atoms with Crippen molar-refractivity contribution in [2.75, 3.05) is 26.7 Å². The van der Waals surface area contributed by atoms with Gasteiger partial charge in [0.2, 0.25) is 5.91 Å². The van der Waals surface area contributed by atoms with Crippen LogP contribution in [0.5, 0.6) is 0 Å². The van der Waals surface area contributed by atoms with Crippen molar-refractivity contribution in [3.8, 4) is 0 Å². The smallest absolute Gasteiger partial charge is 0.225 e. The summed E-state index contributed by atoms with van der Waals surface area (Å²) in [5, 5.41) is 0. The second-order valence-electron chi connectivity index (χ2n) is 5.79. The van der Waals surface area contributed by atoms with E-state index in [9.17, 15) is 4.79 Å². The molecule has 1 fully saturated rings. The van der Waals surface area contributed by atoms with E-state index in [4.69, 9.17) is 5.73 Å². The Labute approximate surface area is 111 Å². The third-order valence-electron chi connectivity index (χ3n) is 4.15. The zero-order valence-electron chi connectivity index (χ0n) is 12.4. The molecule has 1 aliphatic heterocycles. The van der Waals surface area contributed by atoms with Gasteiger partial charge >= 0.3 is 0 Å². The van der Waals surface area contributed by atoms with Crippen LogP contribution < -0.4 is 5.73 Å². The first-order chi connectivity index (χ1) is 8.47. The Hall–Kier alpha value is -0.610. The molecule has 1 unspecified atom stereocenters. The number of amides is 1. The van der Waals surface area contributed by atoms with Crippen LogP contribution >= 0.6 is 0 Å². The van der Waals surface area contributed by atoms with Crippen LogP contribution in [0, 0.1) is 5.92 Å². The van der Waals surface area contributed by atoms with Gasteiger partial charge < -0.3 is 15.5 Å². The molecule has 1 atom stereocenters. The summed E-state index contributed by atoms with van der Waals surface area (Å²) < 4.78 is 0. The first-order valence-corrected chi connectivity index (χ1v) is 7.18. The molecule has 0 spiro atoms. The molecule has 1 amide bonds. The third-order valence-corrected chi connectivity index (χ3v) is 4.15. The molecule has 1 aliphatic rings. The summed E-state index contributed by atoms with van der Waals surface area (Å²) in [6.45, 7) is 9.25. The van der Waals surface area contributed by atoms with Gasteiger partial charge in [0.05, 0.1) is 0 Å². The fourth-order valence-electron chi connectivity index (χ4n) is 2.69. The van der Waals surface area contributed by atoms with E-state index >= 15 is 0 Å². The highest BCUT2D eigenvalue weighted by Crippen LogP contribution is 2.19. The average molecular weight is 255 g/mol. The predicted octanol–water partition coefficient (Wildman–Crippen LogP) is 1.30. The van der Waals surface area contributed by atoms with Gasteiger partial charge in [0.1, 0.15) is 0 Å². The Morgan fingerprint density at radius 1 is 1.33 bits per heavy atom. The van der Waals surface area contributed by atoms with Crippen molar-refractivity contribution in [1.29, 1.82) is 0 Å². The highest BCUT2D eigenvalue weighted by Gasteiger charge is 2.28. The molecule has 0 radical (unpaired) electrons. The SMILES string of the molecule is CC(CCN)C(=O)N(C)C1CCN(C(C)C)CC1. The van der Waals surface area contributed by atoms with E-state index in [2.05, 4.69) is 18.7 Å². The van der Waals surface area contributed by atoms with Crippen molar-refractivity contribution in [3.05, 3.63) is 0 Å². The fraction of sp³-hybridized carbons (Fsp3) is 0.929. The van der Waals surface area contributed by atoms with Crippen molar-refractivity contribution in [1.82, 2.24) is 9.80 Å². The van der Waals surface area contributed by atoms with Crippen LogP contribution in [0.2, 0.25) is 0 Å². The van der Waals surface area contributed by atoms with Gasteiger partial charge in [-0.25, -0.2) is 0 Å². The Morgan fingerprint density at radius 3 is 2.33 bits per heavy atom. The number of carbonyl (C=O) groups is 1. The van der Waals surface area contributed by atoms with Crippen molar-refractivity contribution in [2.24, 2.45) is 11.7 Å². The van der Waals surface area contributed by atoms with E-state index in [1.54, 1.807) is 0 Å². The summed E-state index contributed by atoms with van der Waals surface area (Å²) in [6, 6.07) is 1.02. The van der Waals surface area contributed by atoms with E-state index < -0.39 is 0 Å². The van der Waals surface area contributed by atoms with Gasteiger partial charge in [-0.3, -0.25) is 4.79 Å². The molecule has 0 aromatic carbocycles. The largest absolute Gasteiger partial charge is 0.342 e. The lowest BCUT2D eigenvalue weighted by Gasteiger charge is -2.39. The molecule has 106 valence electrons. The van der Waals surface area contributed by atoms with Crippen molar-refractivity contribution < 1.29 is 4.79 Å². The maximum atomic E-state index is 12.2. The van der Waals surface area contributed by atoms with Crippen LogP contribution in [0.4, 0.5) is 0 Å². The molecule has 18 heavy (non-hydrogen) atoms. The highest BCUT2D eigenvalue weighted by atomic mass is 16.2. The standard InChI is InChI=1S/C14H29N3O/c1-11(2)17-9-6-13(7-10-17)16(4)14(18)12(3)5-8-15/h11-13H,5-10,15H2,1-4H3. The van der Waals surface area contributed by atoms with Crippen LogP contribution in [0.25, 0.3) is 0 Å². The van der Waals surface area contributed by atoms with Crippen LogP contribution in [-0.4, -0.2) is 54.5 Å². The lowest BCUT2D eigenvalue weighted by atomic mass is 9.99. The summed E-state index contributed by atoms with van der Waals surface area (Å²) in [4.78, 5) is 16.6. The van der Waals surface area contributed by atoms with Crippen LogP contribution in [0.1, 0.15) is 40.0 Å². The molecule has 1 rings (SSSR count). The van der Waals surface area contributed by atoms with Crippen LogP contribution in [-0.2, 0) is 4.79 Å². The normalized spacial score (nSPS) is 20.1.